The van der Waals surface area contributed by atoms with E-state index in [4.69, 9.17) is 16.3 Å². The number of para-hydroxylation sites is 1. The number of carbonyl (C=O) groups excluding carboxylic acids is 2. The standard InChI is InChI=1S/C25H19ClFNO4/c1-32-20-5-3-2-4-17(20)14-28-22(15-6-10-18(26)11-7-15)21(24(30)25(28)31)23(29)16-8-12-19(27)13-9-16/h2-13,22,29H,14H2,1H3/b23-21+. The topological polar surface area (TPSA) is 66.8 Å². The Morgan fingerprint density at radius 3 is 2.34 bits per heavy atom. The van der Waals surface area contributed by atoms with Gasteiger partial charge in [-0.05, 0) is 48.0 Å². The normalized spacial score (nSPS) is 17.6. The van der Waals surface area contributed by atoms with Crippen LogP contribution in [0.1, 0.15) is 22.7 Å². The minimum absolute atomic E-state index is 0.0705. The molecule has 1 atom stereocenters. The number of carbonyl (C=O) groups is 2. The molecular weight excluding hydrogens is 433 g/mol. The summed E-state index contributed by atoms with van der Waals surface area (Å²) < 4.78 is 18.8. The Kier molecular flexibility index (Phi) is 5.97. The maximum Gasteiger partial charge on any atom is 0.295 e. The van der Waals surface area contributed by atoms with Gasteiger partial charge in [0.25, 0.3) is 11.7 Å². The number of Topliss-reactive ketones (excluding diaryl/α,β-unsaturated/α-hetero) is 1. The van der Waals surface area contributed by atoms with Gasteiger partial charge in [-0.15, -0.1) is 0 Å². The van der Waals surface area contributed by atoms with Crippen LogP contribution in [0.2, 0.25) is 5.02 Å². The lowest BCUT2D eigenvalue weighted by atomic mass is 9.95. The third-order valence-electron chi connectivity index (χ3n) is 5.38. The van der Waals surface area contributed by atoms with Gasteiger partial charge in [-0.2, -0.15) is 0 Å². The van der Waals surface area contributed by atoms with Crippen LogP contribution in [0.5, 0.6) is 5.75 Å². The molecule has 1 heterocycles. The number of amides is 1. The lowest BCUT2D eigenvalue weighted by molar-refractivity contribution is -0.140. The molecule has 5 nitrogen and oxygen atoms in total. The van der Waals surface area contributed by atoms with E-state index < -0.39 is 23.5 Å². The van der Waals surface area contributed by atoms with E-state index in [2.05, 4.69) is 0 Å². The fraction of sp³-hybridized carbons (Fsp3) is 0.120. The number of aliphatic hydroxyl groups excluding tert-OH is 1. The number of benzene rings is 3. The second kappa shape index (κ2) is 8.85. The number of methoxy groups -OCH3 is 1. The maximum atomic E-state index is 13.4. The fourth-order valence-electron chi connectivity index (χ4n) is 3.82. The Bertz CT molecular complexity index is 1210. The van der Waals surface area contributed by atoms with Crippen LogP contribution in [-0.4, -0.2) is 28.8 Å². The van der Waals surface area contributed by atoms with Crippen molar-refractivity contribution in [1.82, 2.24) is 4.90 Å². The zero-order valence-electron chi connectivity index (χ0n) is 17.1. The highest BCUT2D eigenvalue weighted by molar-refractivity contribution is 6.46. The molecule has 1 N–H and O–H groups in total. The number of aliphatic hydroxyl groups is 1. The van der Waals surface area contributed by atoms with Crippen LogP contribution < -0.4 is 4.74 Å². The first-order valence-electron chi connectivity index (χ1n) is 9.82. The van der Waals surface area contributed by atoms with Gasteiger partial charge in [0.1, 0.15) is 17.3 Å². The Balaban J connectivity index is 1.86. The number of hydrogen-bond donors (Lipinski definition) is 1. The first kappa shape index (κ1) is 21.6. The first-order chi connectivity index (χ1) is 15.4. The number of rotatable bonds is 5. The molecule has 3 aromatic rings. The Labute approximate surface area is 189 Å². The van der Waals surface area contributed by atoms with Crippen molar-refractivity contribution in [1.29, 1.82) is 0 Å². The number of ether oxygens (including phenoxy) is 1. The molecule has 0 saturated carbocycles. The van der Waals surface area contributed by atoms with E-state index in [1.807, 2.05) is 12.1 Å². The molecule has 1 fully saturated rings. The Morgan fingerprint density at radius 1 is 1.03 bits per heavy atom. The number of nitrogens with zero attached hydrogens (tertiary/aromatic N) is 1. The molecule has 1 unspecified atom stereocenters. The summed E-state index contributed by atoms with van der Waals surface area (Å²) in [6.07, 6.45) is 0. The number of likely N-dealkylation sites (tertiary alicyclic amines) is 1. The molecule has 0 aliphatic carbocycles. The molecule has 162 valence electrons. The van der Waals surface area contributed by atoms with Crippen LogP contribution in [-0.2, 0) is 16.1 Å². The van der Waals surface area contributed by atoms with Crippen molar-refractivity contribution in [3.63, 3.8) is 0 Å². The quantitative estimate of drug-likeness (QED) is 0.332. The van der Waals surface area contributed by atoms with Crippen LogP contribution >= 0.6 is 11.6 Å². The molecule has 0 spiro atoms. The molecule has 1 aliphatic rings. The molecule has 3 aromatic carbocycles. The molecular formula is C25H19ClFNO4. The van der Waals surface area contributed by atoms with Gasteiger partial charge < -0.3 is 14.7 Å². The number of halogens is 2. The van der Waals surface area contributed by atoms with E-state index >= 15 is 0 Å². The van der Waals surface area contributed by atoms with Gasteiger partial charge in [0.05, 0.1) is 25.3 Å². The highest BCUT2D eigenvalue weighted by Gasteiger charge is 2.46. The summed E-state index contributed by atoms with van der Waals surface area (Å²) in [5.74, 6) is -1.85. The SMILES string of the molecule is COc1ccccc1CN1C(=O)C(=O)/C(=C(/O)c2ccc(F)cc2)C1c1ccc(Cl)cc1. The predicted octanol–water partition coefficient (Wildman–Crippen LogP) is 5.11. The zero-order valence-corrected chi connectivity index (χ0v) is 17.8. The summed E-state index contributed by atoms with van der Waals surface area (Å²) in [6.45, 7) is 0.0854. The minimum atomic E-state index is -0.859. The van der Waals surface area contributed by atoms with Crippen LogP contribution in [0.15, 0.2) is 78.4 Å². The van der Waals surface area contributed by atoms with Crippen molar-refractivity contribution >= 4 is 29.1 Å². The fourth-order valence-corrected chi connectivity index (χ4v) is 3.94. The lowest BCUT2D eigenvalue weighted by Crippen LogP contribution is -2.29. The third kappa shape index (κ3) is 3.97. The third-order valence-corrected chi connectivity index (χ3v) is 5.63. The molecule has 7 heteroatoms. The molecule has 0 radical (unpaired) electrons. The van der Waals surface area contributed by atoms with Crippen molar-refractivity contribution in [3.05, 3.63) is 106 Å². The number of hydrogen-bond acceptors (Lipinski definition) is 4. The monoisotopic (exact) mass is 451 g/mol. The van der Waals surface area contributed by atoms with Gasteiger partial charge in [0.2, 0.25) is 0 Å². The van der Waals surface area contributed by atoms with Crippen molar-refractivity contribution in [2.75, 3.05) is 7.11 Å². The summed E-state index contributed by atoms with van der Waals surface area (Å²) in [6, 6.07) is 18.1. The molecule has 32 heavy (non-hydrogen) atoms. The zero-order chi connectivity index (χ0) is 22.8. The Hall–Kier alpha value is -3.64. The van der Waals surface area contributed by atoms with E-state index in [0.717, 1.165) is 0 Å². The van der Waals surface area contributed by atoms with E-state index in [0.29, 0.717) is 21.9 Å². The lowest BCUT2D eigenvalue weighted by Gasteiger charge is -2.26. The summed E-state index contributed by atoms with van der Waals surface area (Å²) >= 11 is 6.03. The van der Waals surface area contributed by atoms with Crippen molar-refractivity contribution in [3.8, 4) is 5.75 Å². The highest BCUT2D eigenvalue weighted by atomic mass is 35.5. The summed E-state index contributed by atoms with van der Waals surface area (Å²) in [5, 5.41) is 11.5. The molecule has 0 aromatic heterocycles. The second-order valence-corrected chi connectivity index (χ2v) is 7.73. The summed E-state index contributed by atoms with van der Waals surface area (Å²) in [5.41, 5.74) is 1.48. The van der Waals surface area contributed by atoms with Crippen molar-refractivity contribution < 1.29 is 23.8 Å². The molecule has 4 rings (SSSR count). The second-order valence-electron chi connectivity index (χ2n) is 7.30. The molecule has 1 amide bonds. The van der Waals surface area contributed by atoms with Crippen LogP contribution in [0.3, 0.4) is 0 Å². The molecule has 0 bridgehead atoms. The summed E-state index contributed by atoms with van der Waals surface area (Å²) in [4.78, 5) is 27.5. The van der Waals surface area contributed by atoms with Gasteiger partial charge in [-0.25, -0.2) is 4.39 Å². The average molecular weight is 452 g/mol. The van der Waals surface area contributed by atoms with Gasteiger partial charge in [-0.3, -0.25) is 9.59 Å². The van der Waals surface area contributed by atoms with Crippen LogP contribution in [0.25, 0.3) is 5.76 Å². The smallest absolute Gasteiger partial charge is 0.295 e. The van der Waals surface area contributed by atoms with Gasteiger partial charge in [0, 0.05) is 16.1 Å². The van der Waals surface area contributed by atoms with Gasteiger partial charge in [-0.1, -0.05) is 41.9 Å². The van der Waals surface area contributed by atoms with E-state index in [9.17, 15) is 19.1 Å². The first-order valence-corrected chi connectivity index (χ1v) is 10.2. The molecule has 1 saturated heterocycles. The van der Waals surface area contributed by atoms with Crippen molar-refractivity contribution in [2.45, 2.75) is 12.6 Å². The van der Waals surface area contributed by atoms with E-state index in [-0.39, 0.29) is 23.4 Å². The van der Waals surface area contributed by atoms with E-state index in [1.165, 1.54) is 36.3 Å². The minimum Gasteiger partial charge on any atom is -0.507 e. The number of ketones is 1. The largest absolute Gasteiger partial charge is 0.507 e. The van der Waals surface area contributed by atoms with Gasteiger partial charge in [0.15, 0.2) is 0 Å². The van der Waals surface area contributed by atoms with E-state index in [1.54, 1.807) is 36.4 Å². The predicted molar refractivity (Wildman–Crippen MR) is 119 cm³/mol. The summed E-state index contributed by atoms with van der Waals surface area (Å²) in [7, 11) is 1.53. The van der Waals surface area contributed by atoms with Gasteiger partial charge >= 0.3 is 0 Å². The maximum absolute atomic E-state index is 13.4. The Morgan fingerprint density at radius 2 is 1.69 bits per heavy atom. The molecule has 1 aliphatic heterocycles. The van der Waals surface area contributed by atoms with Crippen LogP contribution in [0, 0.1) is 5.82 Å². The van der Waals surface area contributed by atoms with Crippen LogP contribution in [0.4, 0.5) is 4.39 Å². The average Bonchev–Trinajstić information content (AvgIpc) is 3.05. The van der Waals surface area contributed by atoms with Crippen molar-refractivity contribution in [2.24, 2.45) is 0 Å². The highest BCUT2D eigenvalue weighted by Crippen LogP contribution is 2.41.